The monoisotopic (exact) mass is 317 g/mol. The highest BCUT2D eigenvalue weighted by atomic mass is 16.2. The van der Waals surface area contributed by atoms with E-state index < -0.39 is 0 Å². The fourth-order valence-corrected chi connectivity index (χ4v) is 3.42. The third-order valence-corrected chi connectivity index (χ3v) is 4.69. The van der Waals surface area contributed by atoms with Gasteiger partial charge in [0, 0.05) is 25.9 Å². The molecule has 23 heavy (non-hydrogen) atoms. The molecule has 1 fully saturated rings. The van der Waals surface area contributed by atoms with E-state index in [0.29, 0.717) is 13.0 Å². The number of carbonyl (C=O) groups excluding carboxylic acids is 2. The summed E-state index contributed by atoms with van der Waals surface area (Å²) in [5.74, 6) is 0.280. The number of amides is 2. The molecule has 1 saturated heterocycles. The lowest BCUT2D eigenvalue weighted by Crippen LogP contribution is -2.45. The van der Waals surface area contributed by atoms with Crippen LogP contribution in [-0.2, 0) is 9.59 Å². The molecular weight excluding hydrogens is 290 g/mol. The van der Waals surface area contributed by atoms with Gasteiger partial charge in [0.15, 0.2) is 0 Å². The van der Waals surface area contributed by atoms with E-state index in [2.05, 4.69) is 5.32 Å². The number of nitrogens with zero attached hydrogens (tertiary/aromatic N) is 2. The summed E-state index contributed by atoms with van der Waals surface area (Å²) in [5, 5.41) is 3.04. The maximum Gasteiger partial charge on any atom is 0.237 e. The number of nitrogens with one attached hydrogen (secondary N) is 1. The summed E-state index contributed by atoms with van der Waals surface area (Å²) < 4.78 is 0. The van der Waals surface area contributed by atoms with Crippen LogP contribution in [-0.4, -0.2) is 55.3 Å². The molecular formula is C18H27N3O2. The molecule has 1 heterocycles. The highest BCUT2D eigenvalue weighted by Gasteiger charge is 2.38. The zero-order chi connectivity index (χ0) is 17.0. The Kier molecular flexibility index (Phi) is 5.77. The fourth-order valence-electron chi connectivity index (χ4n) is 3.42. The van der Waals surface area contributed by atoms with Crippen molar-refractivity contribution in [2.75, 3.05) is 27.7 Å². The summed E-state index contributed by atoms with van der Waals surface area (Å²) in [5.41, 5.74) is 1.12. The molecule has 0 unspecified atom stereocenters. The van der Waals surface area contributed by atoms with Gasteiger partial charge in [-0.25, -0.2) is 0 Å². The predicted octanol–water partition coefficient (Wildman–Crippen LogP) is 1.66. The summed E-state index contributed by atoms with van der Waals surface area (Å²) in [7, 11) is 5.66. The van der Waals surface area contributed by atoms with Crippen LogP contribution in [0.25, 0.3) is 0 Å². The van der Waals surface area contributed by atoms with Gasteiger partial charge in [-0.3, -0.25) is 14.5 Å². The first-order valence-corrected chi connectivity index (χ1v) is 8.20. The van der Waals surface area contributed by atoms with Crippen molar-refractivity contribution in [2.45, 2.75) is 31.8 Å². The quantitative estimate of drug-likeness (QED) is 0.868. The summed E-state index contributed by atoms with van der Waals surface area (Å²) in [6.45, 7) is 2.53. The Labute approximate surface area is 138 Å². The minimum atomic E-state index is -0.125. The lowest BCUT2D eigenvalue weighted by atomic mass is 9.93. The zero-order valence-corrected chi connectivity index (χ0v) is 14.5. The average molecular weight is 317 g/mol. The van der Waals surface area contributed by atoms with Crippen molar-refractivity contribution in [1.29, 1.82) is 0 Å². The van der Waals surface area contributed by atoms with Gasteiger partial charge < -0.3 is 10.2 Å². The van der Waals surface area contributed by atoms with Gasteiger partial charge in [-0.05, 0) is 26.1 Å². The van der Waals surface area contributed by atoms with Gasteiger partial charge in [-0.2, -0.15) is 0 Å². The summed E-state index contributed by atoms with van der Waals surface area (Å²) in [6.07, 6.45) is 1.25. The van der Waals surface area contributed by atoms with Gasteiger partial charge in [0.1, 0.15) is 0 Å². The van der Waals surface area contributed by atoms with Crippen LogP contribution in [0.1, 0.15) is 31.4 Å². The molecule has 3 atom stereocenters. The van der Waals surface area contributed by atoms with E-state index in [1.54, 1.807) is 4.90 Å². The number of likely N-dealkylation sites (N-methyl/N-ethyl adjacent to an activating group) is 1. The smallest absolute Gasteiger partial charge is 0.237 e. The number of hydrogen-bond donors (Lipinski definition) is 1. The lowest BCUT2D eigenvalue weighted by Gasteiger charge is -2.27. The van der Waals surface area contributed by atoms with Crippen LogP contribution < -0.4 is 5.32 Å². The lowest BCUT2D eigenvalue weighted by molar-refractivity contribution is -0.128. The van der Waals surface area contributed by atoms with E-state index in [1.165, 1.54) is 0 Å². The molecule has 126 valence electrons. The summed E-state index contributed by atoms with van der Waals surface area (Å²) in [6, 6.07) is 9.94. The van der Waals surface area contributed by atoms with Crippen molar-refractivity contribution in [2.24, 2.45) is 5.92 Å². The molecule has 1 aliphatic heterocycles. The van der Waals surface area contributed by atoms with Crippen molar-refractivity contribution in [3.8, 4) is 0 Å². The fraction of sp³-hybridized carbons (Fsp3) is 0.556. The van der Waals surface area contributed by atoms with Crippen LogP contribution in [0.4, 0.5) is 0 Å². The Balaban J connectivity index is 2.06. The predicted molar refractivity (Wildman–Crippen MR) is 90.8 cm³/mol. The SMILES string of the molecule is CC[C@H](C(=O)NC[C@@H]1CC(=O)N(C)[C@@H]1c1ccccc1)N(C)C. The average Bonchev–Trinajstić information content (AvgIpc) is 2.81. The number of likely N-dealkylation sites (tertiary alicyclic amines) is 1. The molecule has 1 aromatic rings. The number of carbonyl (C=O) groups is 2. The Morgan fingerprint density at radius 1 is 1.35 bits per heavy atom. The van der Waals surface area contributed by atoms with E-state index in [9.17, 15) is 9.59 Å². The van der Waals surface area contributed by atoms with E-state index >= 15 is 0 Å². The van der Waals surface area contributed by atoms with Crippen LogP contribution in [0, 0.1) is 5.92 Å². The topological polar surface area (TPSA) is 52.7 Å². The van der Waals surface area contributed by atoms with Crippen molar-refractivity contribution < 1.29 is 9.59 Å². The third kappa shape index (κ3) is 3.91. The molecule has 2 amide bonds. The first kappa shape index (κ1) is 17.5. The van der Waals surface area contributed by atoms with Crippen molar-refractivity contribution in [3.63, 3.8) is 0 Å². The van der Waals surface area contributed by atoms with Crippen LogP contribution in [0.3, 0.4) is 0 Å². The molecule has 0 spiro atoms. The van der Waals surface area contributed by atoms with Crippen LogP contribution >= 0.6 is 0 Å². The van der Waals surface area contributed by atoms with Gasteiger partial charge in [-0.1, -0.05) is 37.3 Å². The highest BCUT2D eigenvalue weighted by molar-refractivity contribution is 5.82. The number of benzene rings is 1. The molecule has 1 aromatic carbocycles. The first-order chi connectivity index (χ1) is 11.0. The van der Waals surface area contributed by atoms with Gasteiger partial charge in [0.2, 0.25) is 11.8 Å². The van der Waals surface area contributed by atoms with E-state index in [-0.39, 0.29) is 29.8 Å². The van der Waals surface area contributed by atoms with Crippen LogP contribution in [0.5, 0.6) is 0 Å². The van der Waals surface area contributed by atoms with Gasteiger partial charge in [0.25, 0.3) is 0 Å². The second-order valence-corrected chi connectivity index (χ2v) is 6.46. The minimum absolute atomic E-state index is 0.0310. The standard InChI is InChI=1S/C18H27N3O2/c1-5-15(20(2)3)18(23)19-12-14-11-16(22)21(4)17(14)13-9-7-6-8-10-13/h6-10,14-15,17H,5,11-12H2,1-4H3,(H,19,23)/t14-,15+,17+/m0/s1. The summed E-state index contributed by atoms with van der Waals surface area (Å²) >= 11 is 0. The molecule has 0 saturated carbocycles. The van der Waals surface area contributed by atoms with Gasteiger partial charge in [0.05, 0.1) is 12.1 Å². The Bertz CT molecular complexity index is 544. The zero-order valence-electron chi connectivity index (χ0n) is 14.5. The summed E-state index contributed by atoms with van der Waals surface area (Å²) in [4.78, 5) is 28.2. The highest BCUT2D eigenvalue weighted by Crippen LogP contribution is 2.36. The molecule has 0 aliphatic carbocycles. The molecule has 5 nitrogen and oxygen atoms in total. The number of rotatable bonds is 6. The third-order valence-electron chi connectivity index (χ3n) is 4.69. The largest absolute Gasteiger partial charge is 0.354 e. The minimum Gasteiger partial charge on any atom is -0.354 e. The van der Waals surface area contributed by atoms with Crippen molar-refractivity contribution in [1.82, 2.24) is 15.1 Å². The Morgan fingerprint density at radius 3 is 2.57 bits per heavy atom. The first-order valence-electron chi connectivity index (χ1n) is 8.20. The molecule has 1 N–H and O–H groups in total. The molecule has 5 heteroatoms. The van der Waals surface area contributed by atoms with Gasteiger partial charge >= 0.3 is 0 Å². The maximum absolute atomic E-state index is 12.3. The second kappa shape index (κ2) is 7.59. The molecule has 1 aliphatic rings. The second-order valence-electron chi connectivity index (χ2n) is 6.46. The molecule has 0 aromatic heterocycles. The van der Waals surface area contributed by atoms with Gasteiger partial charge in [-0.15, -0.1) is 0 Å². The molecule has 0 radical (unpaired) electrons. The molecule has 2 rings (SSSR count). The van der Waals surface area contributed by atoms with E-state index in [4.69, 9.17) is 0 Å². The van der Waals surface area contributed by atoms with Crippen LogP contribution in [0.2, 0.25) is 0 Å². The normalized spacial score (nSPS) is 22.5. The Hall–Kier alpha value is -1.88. The maximum atomic E-state index is 12.3. The number of hydrogen-bond acceptors (Lipinski definition) is 3. The molecule has 0 bridgehead atoms. The van der Waals surface area contributed by atoms with Crippen LogP contribution in [0.15, 0.2) is 30.3 Å². The Morgan fingerprint density at radius 2 is 2.00 bits per heavy atom. The van der Waals surface area contributed by atoms with E-state index in [0.717, 1.165) is 12.0 Å². The van der Waals surface area contributed by atoms with Crippen molar-refractivity contribution in [3.05, 3.63) is 35.9 Å². The van der Waals surface area contributed by atoms with E-state index in [1.807, 2.05) is 63.3 Å². The van der Waals surface area contributed by atoms with Crippen molar-refractivity contribution >= 4 is 11.8 Å².